The highest BCUT2D eigenvalue weighted by Crippen LogP contribution is 2.09. The Hall–Kier alpha value is -0.700. The topological polar surface area (TPSA) is 46.2 Å². The Kier molecular flexibility index (Phi) is 6.49. The molecule has 3 heteroatoms. The lowest BCUT2D eigenvalue weighted by molar-refractivity contribution is -0.122. The molecule has 3 nitrogen and oxygen atoms in total. The number of hydrogen-bond donors (Lipinski definition) is 1. The molecule has 0 spiro atoms. The Balaban J connectivity index is 4.33. The lowest BCUT2D eigenvalue weighted by Gasteiger charge is -2.27. The van der Waals surface area contributed by atoms with Crippen LogP contribution < -0.4 is 5.32 Å². The van der Waals surface area contributed by atoms with Gasteiger partial charge in [0, 0.05) is 24.8 Å². The Morgan fingerprint density at radius 2 is 1.69 bits per heavy atom. The first kappa shape index (κ1) is 15.3. The maximum Gasteiger partial charge on any atom is 0.149 e. The fourth-order valence-electron chi connectivity index (χ4n) is 1.56. The van der Waals surface area contributed by atoms with Crippen molar-refractivity contribution >= 4 is 11.6 Å². The molecule has 0 aromatic carbocycles. The average Bonchev–Trinajstić information content (AvgIpc) is 2.20. The largest absolute Gasteiger partial charge is 0.303 e. The number of ketones is 2. The Bertz CT molecular complexity index is 241. The third-order valence-corrected chi connectivity index (χ3v) is 2.45. The fraction of sp³-hybridized carbons (Fsp3) is 0.846. The molecule has 0 amide bonds. The molecule has 0 aromatic heterocycles. The molecule has 0 aromatic rings. The minimum Gasteiger partial charge on any atom is -0.303 e. The van der Waals surface area contributed by atoms with Gasteiger partial charge >= 0.3 is 0 Å². The first-order valence-electron chi connectivity index (χ1n) is 6.12. The second-order valence-corrected chi connectivity index (χ2v) is 5.20. The van der Waals surface area contributed by atoms with Crippen molar-refractivity contribution in [2.75, 3.05) is 0 Å². The van der Waals surface area contributed by atoms with Crippen molar-refractivity contribution in [3.05, 3.63) is 0 Å². The summed E-state index contributed by atoms with van der Waals surface area (Å²) in [7, 11) is 0. The average molecular weight is 227 g/mol. The van der Waals surface area contributed by atoms with Gasteiger partial charge in [-0.05, 0) is 27.2 Å². The highest BCUT2D eigenvalue weighted by Gasteiger charge is 2.22. The van der Waals surface area contributed by atoms with E-state index in [1.807, 2.05) is 34.6 Å². The normalized spacial score (nSPS) is 13.6. The van der Waals surface area contributed by atoms with E-state index in [0.29, 0.717) is 25.7 Å². The zero-order chi connectivity index (χ0) is 12.8. The molecule has 1 unspecified atom stereocenters. The van der Waals surface area contributed by atoms with E-state index >= 15 is 0 Å². The molecule has 94 valence electrons. The zero-order valence-electron chi connectivity index (χ0n) is 11.2. The highest BCUT2D eigenvalue weighted by atomic mass is 16.1. The summed E-state index contributed by atoms with van der Waals surface area (Å²) in [5, 5.41) is 3.28. The SMILES string of the molecule is CCC(=O)CCC(NC(C)(C)C)C(=O)CC. The van der Waals surface area contributed by atoms with E-state index in [9.17, 15) is 9.59 Å². The van der Waals surface area contributed by atoms with Gasteiger partial charge in [-0.25, -0.2) is 0 Å². The van der Waals surface area contributed by atoms with Crippen molar-refractivity contribution in [1.82, 2.24) is 5.32 Å². The van der Waals surface area contributed by atoms with Crippen LogP contribution in [-0.4, -0.2) is 23.1 Å². The molecular formula is C13H25NO2. The molecule has 0 rings (SSSR count). The molecule has 0 aliphatic carbocycles. The number of nitrogens with one attached hydrogen (secondary N) is 1. The lowest BCUT2D eigenvalue weighted by Crippen LogP contribution is -2.47. The van der Waals surface area contributed by atoms with Crippen LogP contribution in [0.2, 0.25) is 0 Å². The summed E-state index contributed by atoms with van der Waals surface area (Å²) in [4.78, 5) is 23.0. The quantitative estimate of drug-likeness (QED) is 0.727. The van der Waals surface area contributed by atoms with Crippen LogP contribution in [0.15, 0.2) is 0 Å². The van der Waals surface area contributed by atoms with E-state index in [1.165, 1.54) is 0 Å². The predicted molar refractivity (Wildman–Crippen MR) is 66.5 cm³/mol. The van der Waals surface area contributed by atoms with Crippen LogP contribution in [0.4, 0.5) is 0 Å². The van der Waals surface area contributed by atoms with Crippen LogP contribution in [-0.2, 0) is 9.59 Å². The monoisotopic (exact) mass is 227 g/mol. The van der Waals surface area contributed by atoms with Gasteiger partial charge in [-0.3, -0.25) is 9.59 Å². The smallest absolute Gasteiger partial charge is 0.149 e. The van der Waals surface area contributed by atoms with E-state index in [-0.39, 0.29) is 23.1 Å². The van der Waals surface area contributed by atoms with Crippen molar-refractivity contribution in [3.8, 4) is 0 Å². The predicted octanol–water partition coefficient (Wildman–Crippen LogP) is 2.48. The number of carbonyl (C=O) groups is 2. The number of rotatable bonds is 7. The summed E-state index contributed by atoms with van der Waals surface area (Å²) < 4.78 is 0. The lowest BCUT2D eigenvalue weighted by atomic mass is 9.98. The molecule has 0 fully saturated rings. The third-order valence-electron chi connectivity index (χ3n) is 2.45. The van der Waals surface area contributed by atoms with E-state index < -0.39 is 0 Å². The summed E-state index contributed by atoms with van der Waals surface area (Å²) in [6, 6.07) is -0.180. The van der Waals surface area contributed by atoms with Crippen molar-refractivity contribution in [1.29, 1.82) is 0 Å². The van der Waals surface area contributed by atoms with Crippen LogP contribution in [0, 0.1) is 0 Å². The van der Waals surface area contributed by atoms with Crippen LogP contribution in [0.5, 0.6) is 0 Å². The van der Waals surface area contributed by atoms with Gasteiger partial charge in [0.1, 0.15) is 11.6 Å². The minimum absolute atomic E-state index is 0.0925. The first-order chi connectivity index (χ1) is 7.30. The van der Waals surface area contributed by atoms with Crippen molar-refractivity contribution < 1.29 is 9.59 Å². The molecule has 0 radical (unpaired) electrons. The molecule has 16 heavy (non-hydrogen) atoms. The van der Waals surface area contributed by atoms with Gasteiger partial charge < -0.3 is 5.32 Å². The molecule has 0 bridgehead atoms. The van der Waals surface area contributed by atoms with Crippen LogP contribution >= 0.6 is 0 Å². The second kappa shape index (κ2) is 6.79. The highest BCUT2D eigenvalue weighted by molar-refractivity contribution is 5.85. The van der Waals surface area contributed by atoms with E-state index in [2.05, 4.69) is 5.32 Å². The summed E-state index contributed by atoms with van der Waals surface area (Å²) in [5.41, 5.74) is -0.0925. The molecule has 0 aliphatic rings. The van der Waals surface area contributed by atoms with Gasteiger partial charge in [-0.2, -0.15) is 0 Å². The van der Waals surface area contributed by atoms with Crippen molar-refractivity contribution in [2.24, 2.45) is 0 Å². The molecule has 0 heterocycles. The van der Waals surface area contributed by atoms with Crippen LogP contribution in [0.25, 0.3) is 0 Å². The van der Waals surface area contributed by atoms with Gasteiger partial charge in [-0.15, -0.1) is 0 Å². The third kappa shape index (κ3) is 6.72. The first-order valence-corrected chi connectivity index (χ1v) is 6.12. The van der Waals surface area contributed by atoms with Crippen molar-refractivity contribution in [3.63, 3.8) is 0 Å². The van der Waals surface area contributed by atoms with Crippen LogP contribution in [0.1, 0.15) is 60.3 Å². The number of carbonyl (C=O) groups excluding carboxylic acids is 2. The maximum absolute atomic E-state index is 11.7. The fourth-order valence-corrected chi connectivity index (χ4v) is 1.56. The van der Waals surface area contributed by atoms with E-state index in [0.717, 1.165) is 0 Å². The molecule has 0 aliphatic heterocycles. The summed E-state index contributed by atoms with van der Waals surface area (Å²) in [5.74, 6) is 0.420. The Labute approximate surface area is 99.0 Å². The van der Waals surface area contributed by atoms with E-state index in [1.54, 1.807) is 0 Å². The summed E-state index contributed by atoms with van der Waals surface area (Å²) in [6.07, 6.45) is 2.20. The Morgan fingerprint density at radius 3 is 2.06 bits per heavy atom. The molecule has 1 atom stereocenters. The van der Waals surface area contributed by atoms with Gasteiger partial charge in [0.2, 0.25) is 0 Å². The van der Waals surface area contributed by atoms with Gasteiger partial charge in [-0.1, -0.05) is 13.8 Å². The van der Waals surface area contributed by atoms with Crippen molar-refractivity contribution in [2.45, 2.75) is 71.9 Å². The van der Waals surface area contributed by atoms with Gasteiger partial charge in [0.15, 0.2) is 0 Å². The van der Waals surface area contributed by atoms with E-state index in [4.69, 9.17) is 0 Å². The summed E-state index contributed by atoms with van der Waals surface area (Å²) >= 11 is 0. The Morgan fingerprint density at radius 1 is 1.12 bits per heavy atom. The maximum atomic E-state index is 11.7. The zero-order valence-corrected chi connectivity index (χ0v) is 11.2. The minimum atomic E-state index is -0.180. The standard InChI is InChI=1S/C13H25NO2/c1-6-10(15)8-9-11(12(16)7-2)14-13(3,4)5/h11,14H,6-9H2,1-5H3. The molecule has 0 saturated heterocycles. The molecule has 1 N–H and O–H groups in total. The van der Waals surface area contributed by atoms with Gasteiger partial charge in [0.05, 0.1) is 6.04 Å². The van der Waals surface area contributed by atoms with Gasteiger partial charge in [0.25, 0.3) is 0 Å². The van der Waals surface area contributed by atoms with Crippen LogP contribution in [0.3, 0.4) is 0 Å². The molecular weight excluding hydrogens is 202 g/mol. The number of hydrogen-bond acceptors (Lipinski definition) is 3. The number of Topliss-reactive ketones (excluding diaryl/α,β-unsaturated/α-hetero) is 2. The molecule has 0 saturated carbocycles. The summed E-state index contributed by atoms with van der Waals surface area (Å²) in [6.45, 7) is 9.82. The second-order valence-electron chi connectivity index (χ2n) is 5.20.